The van der Waals surface area contributed by atoms with Gasteiger partial charge in [0.15, 0.2) is 11.5 Å². The van der Waals surface area contributed by atoms with Gasteiger partial charge in [-0.25, -0.2) is 9.97 Å². The second-order valence-corrected chi connectivity index (χ2v) is 7.15. The van der Waals surface area contributed by atoms with Gasteiger partial charge in [-0.1, -0.05) is 41.9 Å². The molecule has 31 heavy (non-hydrogen) atoms. The second-order valence-electron chi connectivity index (χ2n) is 6.74. The third-order valence-corrected chi connectivity index (χ3v) is 5.04. The molecule has 0 aliphatic carbocycles. The number of anilines is 1. The lowest BCUT2D eigenvalue weighted by atomic mass is 10.0. The number of halogens is 1. The van der Waals surface area contributed by atoms with Crippen molar-refractivity contribution in [2.75, 3.05) is 18.9 Å². The van der Waals surface area contributed by atoms with Crippen molar-refractivity contribution in [2.45, 2.75) is 6.42 Å². The van der Waals surface area contributed by atoms with Gasteiger partial charge in [0.05, 0.1) is 28.1 Å². The number of rotatable bonds is 6. The molecule has 4 aromatic rings. The number of H-pyrrole nitrogens is 1. The minimum Gasteiger partial charge on any atom is -0.367 e. The van der Waals surface area contributed by atoms with E-state index in [-0.39, 0.29) is 18.0 Å². The summed E-state index contributed by atoms with van der Waals surface area (Å²) < 4.78 is 0. The number of nitrogens with one attached hydrogen (secondary N) is 3. The quantitative estimate of drug-likeness (QED) is 0.427. The molecule has 8 nitrogen and oxygen atoms in total. The molecule has 3 N–H and O–H groups in total. The van der Waals surface area contributed by atoms with Gasteiger partial charge in [0.25, 0.3) is 0 Å². The zero-order valence-electron chi connectivity index (χ0n) is 16.6. The van der Waals surface area contributed by atoms with Crippen molar-refractivity contribution in [3.05, 3.63) is 59.4 Å². The van der Waals surface area contributed by atoms with Crippen molar-refractivity contribution in [3.63, 3.8) is 0 Å². The Labute approximate surface area is 183 Å². The van der Waals surface area contributed by atoms with Crippen molar-refractivity contribution in [2.24, 2.45) is 0 Å². The lowest BCUT2D eigenvalue weighted by molar-refractivity contribution is -0.120. The smallest absolute Gasteiger partial charge is 0.221 e. The molecule has 1 amide bonds. The Kier molecular flexibility index (Phi) is 5.78. The normalized spacial score (nSPS) is 10.6. The van der Waals surface area contributed by atoms with E-state index < -0.39 is 0 Å². The molecule has 0 aliphatic heterocycles. The highest BCUT2D eigenvalue weighted by Gasteiger charge is 2.18. The molecule has 0 unspecified atom stereocenters. The lowest BCUT2D eigenvalue weighted by Crippen LogP contribution is -2.21. The summed E-state index contributed by atoms with van der Waals surface area (Å²) in [5, 5.41) is 23.5. The van der Waals surface area contributed by atoms with Crippen molar-refractivity contribution < 1.29 is 4.79 Å². The molecular formula is C22H18ClN7O. The van der Waals surface area contributed by atoms with Gasteiger partial charge < -0.3 is 10.6 Å². The first-order valence-corrected chi connectivity index (χ1v) is 9.93. The van der Waals surface area contributed by atoms with Gasteiger partial charge in [-0.2, -0.15) is 10.4 Å². The number of carbonyl (C=O) groups excluding carboxylic acids is 1. The number of nitriles is 1. The average Bonchev–Trinajstić information content (AvgIpc) is 3.28. The highest BCUT2D eigenvalue weighted by atomic mass is 35.5. The van der Waals surface area contributed by atoms with Crippen LogP contribution >= 0.6 is 11.6 Å². The highest BCUT2D eigenvalue weighted by molar-refractivity contribution is 6.35. The van der Waals surface area contributed by atoms with Crippen LogP contribution < -0.4 is 10.6 Å². The van der Waals surface area contributed by atoms with E-state index >= 15 is 0 Å². The maximum Gasteiger partial charge on any atom is 0.221 e. The van der Waals surface area contributed by atoms with Crippen LogP contribution in [0.2, 0.25) is 5.02 Å². The van der Waals surface area contributed by atoms with E-state index in [9.17, 15) is 10.1 Å². The molecule has 9 heteroatoms. The van der Waals surface area contributed by atoms with Crippen LogP contribution in [0.4, 0.5) is 5.82 Å². The number of carbonyl (C=O) groups is 1. The largest absolute Gasteiger partial charge is 0.367 e. The zero-order valence-corrected chi connectivity index (χ0v) is 17.4. The van der Waals surface area contributed by atoms with E-state index in [1.165, 1.54) is 0 Å². The SMILES string of the molecule is CNC(=O)CCNc1nc(-c2ccccc2)c(-c2cc(Cl)c3[nH]ncc3c2)nc1C#N. The van der Waals surface area contributed by atoms with Crippen LogP contribution in [0.15, 0.2) is 48.7 Å². The lowest BCUT2D eigenvalue weighted by Gasteiger charge is -2.14. The second kappa shape index (κ2) is 8.81. The van der Waals surface area contributed by atoms with Gasteiger partial charge in [-0.15, -0.1) is 0 Å². The fourth-order valence-corrected chi connectivity index (χ4v) is 3.47. The Hall–Kier alpha value is -3.96. The molecule has 0 aliphatic rings. The van der Waals surface area contributed by atoms with Crippen molar-refractivity contribution in [1.82, 2.24) is 25.5 Å². The highest BCUT2D eigenvalue weighted by Crippen LogP contribution is 2.35. The molecule has 2 aromatic heterocycles. The van der Waals surface area contributed by atoms with E-state index in [1.807, 2.05) is 36.4 Å². The van der Waals surface area contributed by atoms with Gasteiger partial charge >= 0.3 is 0 Å². The van der Waals surface area contributed by atoms with Crippen LogP contribution in [0, 0.1) is 11.3 Å². The van der Waals surface area contributed by atoms with Crippen LogP contribution in [0.5, 0.6) is 0 Å². The van der Waals surface area contributed by atoms with Gasteiger partial charge in [-0.05, 0) is 12.1 Å². The Morgan fingerprint density at radius 1 is 1.16 bits per heavy atom. The Morgan fingerprint density at radius 2 is 1.94 bits per heavy atom. The molecular weight excluding hydrogens is 414 g/mol. The minimum atomic E-state index is -0.109. The molecule has 154 valence electrons. The van der Waals surface area contributed by atoms with Crippen LogP contribution in [0.3, 0.4) is 0 Å². The molecule has 0 bridgehead atoms. The number of aromatic nitrogens is 4. The van der Waals surface area contributed by atoms with E-state index in [1.54, 1.807) is 19.3 Å². The third kappa shape index (κ3) is 4.17. The first-order valence-electron chi connectivity index (χ1n) is 9.55. The molecule has 0 spiro atoms. The monoisotopic (exact) mass is 431 g/mol. The number of amides is 1. The minimum absolute atomic E-state index is 0.109. The van der Waals surface area contributed by atoms with Crippen molar-refractivity contribution in [1.29, 1.82) is 5.26 Å². The number of hydrogen-bond donors (Lipinski definition) is 3. The number of hydrogen-bond acceptors (Lipinski definition) is 6. The topological polar surface area (TPSA) is 119 Å². The number of nitrogens with zero attached hydrogens (tertiary/aromatic N) is 4. The first kappa shape index (κ1) is 20.3. The predicted octanol–water partition coefficient (Wildman–Crippen LogP) is 3.76. The first-order chi connectivity index (χ1) is 15.1. The summed E-state index contributed by atoms with van der Waals surface area (Å²) in [5.41, 5.74) is 3.55. The third-order valence-electron chi connectivity index (χ3n) is 4.75. The van der Waals surface area contributed by atoms with Gasteiger partial charge in [0.1, 0.15) is 6.07 Å². The van der Waals surface area contributed by atoms with Crippen molar-refractivity contribution in [3.8, 4) is 28.6 Å². The molecule has 4 rings (SSSR count). The molecule has 2 heterocycles. The van der Waals surface area contributed by atoms with Gasteiger partial charge in [0, 0.05) is 36.5 Å². The van der Waals surface area contributed by atoms with E-state index in [0.717, 1.165) is 22.0 Å². The van der Waals surface area contributed by atoms with Gasteiger partial charge in [-0.3, -0.25) is 9.89 Å². The van der Waals surface area contributed by atoms with E-state index in [2.05, 4.69) is 31.9 Å². The van der Waals surface area contributed by atoms with E-state index in [4.69, 9.17) is 16.6 Å². The van der Waals surface area contributed by atoms with Gasteiger partial charge in [0.2, 0.25) is 5.91 Å². The standard InChI is InChI=1S/C22H18ClN7O/c1-25-18(31)7-8-26-22-17(11-24)28-21(20(29-22)13-5-3-2-4-6-13)14-9-15-12-27-30-19(15)16(23)10-14/h2-6,9-10,12H,7-8H2,1H3,(H,25,31)(H,26,29)(H,27,30). The molecule has 2 aromatic carbocycles. The summed E-state index contributed by atoms with van der Waals surface area (Å²) in [5.74, 6) is 0.214. The Balaban J connectivity index is 1.85. The number of benzene rings is 2. The predicted molar refractivity (Wildman–Crippen MR) is 119 cm³/mol. The summed E-state index contributed by atoms with van der Waals surface area (Å²) in [6.45, 7) is 0.323. The molecule has 0 saturated heterocycles. The van der Waals surface area contributed by atoms with Crippen LogP contribution in [0.1, 0.15) is 12.1 Å². The maximum atomic E-state index is 11.5. The summed E-state index contributed by atoms with van der Waals surface area (Å²) >= 11 is 6.43. The Morgan fingerprint density at radius 3 is 2.68 bits per heavy atom. The van der Waals surface area contributed by atoms with Crippen LogP contribution in [-0.4, -0.2) is 39.7 Å². The molecule has 0 saturated carbocycles. The number of fused-ring (bicyclic) bond motifs is 1. The van der Waals surface area contributed by atoms with Crippen LogP contribution in [0.25, 0.3) is 33.4 Å². The van der Waals surface area contributed by atoms with Crippen LogP contribution in [-0.2, 0) is 4.79 Å². The fraction of sp³-hybridized carbons (Fsp3) is 0.136. The molecule has 0 atom stereocenters. The number of aromatic amines is 1. The summed E-state index contributed by atoms with van der Waals surface area (Å²) in [7, 11) is 1.58. The fourth-order valence-electron chi connectivity index (χ4n) is 3.21. The van der Waals surface area contributed by atoms with E-state index in [0.29, 0.717) is 28.8 Å². The summed E-state index contributed by atoms with van der Waals surface area (Å²) in [4.78, 5) is 20.9. The Bertz CT molecular complexity index is 1290. The average molecular weight is 432 g/mol. The summed E-state index contributed by atoms with van der Waals surface area (Å²) in [6, 6.07) is 15.3. The maximum absolute atomic E-state index is 11.5. The molecule has 0 fully saturated rings. The van der Waals surface area contributed by atoms with Crippen molar-refractivity contribution >= 4 is 34.2 Å². The molecule has 0 radical (unpaired) electrons. The zero-order chi connectivity index (χ0) is 21.8. The summed E-state index contributed by atoms with van der Waals surface area (Å²) in [6.07, 6.45) is 1.93.